The van der Waals surface area contributed by atoms with Gasteiger partial charge in [0, 0.05) is 38.5 Å². The standard InChI is InChI=1S/C34H32Cl2FN3O7/c1-20-26(35)8-6-10-30(20)44-11-12-45-33(43)40-17-23(41)19-46-31-24(7-5-9-29(31)40)22-15-38-39(16-22)18-25-27(36)13-21(14-28(25)37)32(42)47-34(2,3)4/h5-10,13-16H,11-12,17-19H2,1-4H3. The first-order chi connectivity index (χ1) is 22.3. The Morgan fingerprint density at radius 2 is 1.83 bits per heavy atom. The van der Waals surface area contributed by atoms with Gasteiger partial charge in [-0.15, -0.1) is 0 Å². The summed E-state index contributed by atoms with van der Waals surface area (Å²) in [7, 11) is 0. The zero-order valence-corrected chi connectivity index (χ0v) is 27.7. The van der Waals surface area contributed by atoms with Crippen molar-refractivity contribution in [3.63, 3.8) is 0 Å². The molecule has 1 aromatic heterocycles. The molecular weight excluding hydrogens is 652 g/mol. The molecule has 0 aliphatic carbocycles. The number of esters is 1. The van der Waals surface area contributed by atoms with Gasteiger partial charge in [-0.2, -0.15) is 5.10 Å². The molecule has 0 fully saturated rings. The Kier molecular flexibility index (Phi) is 10.1. The van der Waals surface area contributed by atoms with Crippen LogP contribution >= 0.6 is 23.2 Å². The third kappa shape index (κ3) is 8.04. The van der Waals surface area contributed by atoms with Crippen LogP contribution in [-0.2, 0) is 20.8 Å². The van der Waals surface area contributed by atoms with Crippen molar-refractivity contribution in [2.75, 3.05) is 31.3 Å². The summed E-state index contributed by atoms with van der Waals surface area (Å²) in [6.45, 7) is 6.42. The highest BCUT2D eigenvalue weighted by Gasteiger charge is 2.29. The minimum absolute atomic E-state index is 0.00202. The van der Waals surface area contributed by atoms with E-state index in [4.69, 9.17) is 42.1 Å². The largest absolute Gasteiger partial charge is 0.490 e. The van der Waals surface area contributed by atoms with Gasteiger partial charge in [-0.3, -0.25) is 14.4 Å². The van der Waals surface area contributed by atoms with Gasteiger partial charge in [-0.25, -0.2) is 14.0 Å². The fourth-order valence-corrected chi connectivity index (χ4v) is 5.24. The topological polar surface area (TPSA) is 109 Å². The van der Waals surface area contributed by atoms with Crippen molar-refractivity contribution in [3.8, 4) is 22.6 Å². The Morgan fingerprint density at radius 1 is 1.06 bits per heavy atom. The third-order valence-electron chi connectivity index (χ3n) is 7.04. The number of fused-ring (bicyclic) bond motifs is 1. The van der Waals surface area contributed by atoms with Crippen LogP contribution in [0, 0.1) is 12.7 Å². The average Bonchev–Trinajstić information content (AvgIpc) is 3.40. The predicted molar refractivity (Wildman–Crippen MR) is 174 cm³/mol. The Balaban J connectivity index is 1.32. The summed E-state index contributed by atoms with van der Waals surface area (Å²) < 4.78 is 38.9. The van der Waals surface area contributed by atoms with Gasteiger partial charge in [0.25, 0.3) is 0 Å². The zero-order valence-electron chi connectivity index (χ0n) is 26.1. The van der Waals surface area contributed by atoms with Crippen LogP contribution in [0.25, 0.3) is 11.1 Å². The summed E-state index contributed by atoms with van der Waals surface area (Å²) in [5.74, 6) is -0.844. The summed E-state index contributed by atoms with van der Waals surface area (Å²) >= 11 is 12.5. The Morgan fingerprint density at radius 3 is 2.57 bits per heavy atom. The van der Waals surface area contributed by atoms with Crippen molar-refractivity contribution in [2.45, 2.75) is 39.8 Å². The molecule has 0 N–H and O–H groups in total. The monoisotopic (exact) mass is 683 g/mol. The van der Waals surface area contributed by atoms with Crippen molar-refractivity contribution in [3.05, 3.63) is 93.5 Å². The molecule has 1 amide bonds. The molecule has 47 heavy (non-hydrogen) atoms. The van der Waals surface area contributed by atoms with E-state index in [9.17, 15) is 14.4 Å². The molecule has 2 heterocycles. The lowest BCUT2D eigenvalue weighted by atomic mass is 10.1. The van der Waals surface area contributed by atoms with Crippen molar-refractivity contribution in [2.24, 2.45) is 0 Å². The second-order valence-corrected chi connectivity index (χ2v) is 12.6. The molecular formula is C34H32Cl2FN3O7. The Bertz CT molecular complexity index is 1810. The number of anilines is 1. The van der Waals surface area contributed by atoms with Gasteiger partial charge >= 0.3 is 12.1 Å². The quantitative estimate of drug-likeness (QED) is 0.141. The van der Waals surface area contributed by atoms with Crippen LogP contribution in [0.2, 0.25) is 10.0 Å². The molecule has 4 aromatic rings. The number of aromatic nitrogens is 2. The SMILES string of the molecule is Cc1c(Cl)cccc1OCCOC(=O)N1CC(=O)COc2c(-c3cnn(Cc4c(F)cc(C(=O)OC(C)(C)C)cc4Cl)c3)cccc21. The number of hydrogen-bond donors (Lipinski definition) is 0. The van der Waals surface area contributed by atoms with Crippen LogP contribution in [-0.4, -0.2) is 59.6 Å². The number of ether oxygens (including phenoxy) is 4. The number of ketones is 1. The number of nitrogens with zero attached hydrogens (tertiary/aromatic N) is 3. The van der Waals surface area contributed by atoms with E-state index in [0.29, 0.717) is 27.6 Å². The molecule has 1 aliphatic heterocycles. The Hall–Kier alpha value is -4.61. The van der Waals surface area contributed by atoms with Crippen LogP contribution < -0.4 is 14.4 Å². The molecule has 246 valence electrons. The molecule has 0 saturated carbocycles. The average molecular weight is 685 g/mol. The second-order valence-electron chi connectivity index (χ2n) is 11.7. The number of hydrogen-bond acceptors (Lipinski definition) is 8. The number of rotatable bonds is 8. The number of carbonyl (C=O) groups is 3. The lowest BCUT2D eigenvalue weighted by Gasteiger charge is -2.21. The molecule has 0 bridgehead atoms. The number of carbonyl (C=O) groups excluding carboxylic acids is 3. The van der Waals surface area contributed by atoms with Gasteiger partial charge in [-0.05, 0) is 58.0 Å². The van der Waals surface area contributed by atoms with Gasteiger partial charge in [0.05, 0.1) is 30.5 Å². The minimum Gasteiger partial charge on any atom is -0.490 e. The van der Waals surface area contributed by atoms with E-state index < -0.39 is 23.5 Å². The molecule has 0 saturated heterocycles. The van der Waals surface area contributed by atoms with E-state index in [1.807, 2.05) is 6.92 Å². The summed E-state index contributed by atoms with van der Waals surface area (Å²) in [5.41, 5.74) is 1.61. The highest BCUT2D eigenvalue weighted by molar-refractivity contribution is 6.32. The van der Waals surface area contributed by atoms with Crippen LogP contribution in [0.1, 0.15) is 42.3 Å². The van der Waals surface area contributed by atoms with Crippen LogP contribution in [0.15, 0.2) is 60.9 Å². The maximum Gasteiger partial charge on any atom is 0.414 e. The van der Waals surface area contributed by atoms with Crippen LogP contribution in [0.5, 0.6) is 11.5 Å². The minimum atomic E-state index is -0.749. The first-order valence-electron chi connectivity index (χ1n) is 14.6. The second kappa shape index (κ2) is 14.0. The number of para-hydroxylation sites is 1. The number of Topliss-reactive ketones (excluding diaryl/α,β-unsaturated/α-hetero) is 1. The summed E-state index contributed by atoms with van der Waals surface area (Å²) in [6.07, 6.45) is 2.45. The van der Waals surface area contributed by atoms with E-state index in [-0.39, 0.29) is 60.6 Å². The number of benzene rings is 3. The normalized spacial score (nSPS) is 13.0. The van der Waals surface area contributed by atoms with E-state index in [0.717, 1.165) is 11.6 Å². The van der Waals surface area contributed by atoms with Crippen molar-refractivity contribution >= 4 is 46.7 Å². The molecule has 0 spiro atoms. The molecule has 13 heteroatoms. The summed E-state index contributed by atoms with van der Waals surface area (Å²) in [5, 5.41) is 4.96. The van der Waals surface area contributed by atoms with Gasteiger partial charge in [0.15, 0.2) is 11.5 Å². The first-order valence-corrected chi connectivity index (χ1v) is 15.4. The maximum absolute atomic E-state index is 15.1. The molecule has 1 aliphatic rings. The van der Waals surface area contributed by atoms with Crippen LogP contribution in [0.3, 0.4) is 0 Å². The fraction of sp³-hybridized carbons (Fsp3) is 0.294. The lowest BCUT2D eigenvalue weighted by molar-refractivity contribution is -0.119. The maximum atomic E-state index is 15.1. The van der Waals surface area contributed by atoms with E-state index in [1.165, 1.54) is 15.6 Å². The Labute approximate surface area is 280 Å². The lowest BCUT2D eigenvalue weighted by Crippen LogP contribution is -2.36. The fourth-order valence-electron chi connectivity index (χ4n) is 4.80. The predicted octanol–water partition coefficient (Wildman–Crippen LogP) is 7.29. The molecule has 0 atom stereocenters. The van der Waals surface area contributed by atoms with Crippen molar-refractivity contribution in [1.82, 2.24) is 9.78 Å². The zero-order chi connectivity index (χ0) is 33.9. The van der Waals surface area contributed by atoms with Gasteiger partial charge in [0.2, 0.25) is 0 Å². The summed E-state index contributed by atoms with van der Waals surface area (Å²) in [6, 6.07) is 12.8. The van der Waals surface area contributed by atoms with Crippen molar-refractivity contribution < 1.29 is 37.7 Å². The molecule has 0 radical (unpaired) electrons. The smallest absolute Gasteiger partial charge is 0.414 e. The number of amides is 1. The van der Waals surface area contributed by atoms with Gasteiger partial charge < -0.3 is 18.9 Å². The third-order valence-corrected chi connectivity index (χ3v) is 7.79. The van der Waals surface area contributed by atoms with Crippen molar-refractivity contribution in [1.29, 1.82) is 0 Å². The molecule has 0 unspecified atom stereocenters. The molecule has 10 nitrogen and oxygen atoms in total. The first kappa shape index (κ1) is 33.7. The van der Waals surface area contributed by atoms with E-state index >= 15 is 4.39 Å². The summed E-state index contributed by atoms with van der Waals surface area (Å²) in [4.78, 5) is 39.4. The van der Waals surface area contributed by atoms with Gasteiger partial charge in [-0.1, -0.05) is 41.4 Å². The van der Waals surface area contributed by atoms with Gasteiger partial charge in [0.1, 0.15) is 37.0 Å². The highest BCUT2D eigenvalue weighted by atomic mass is 35.5. The molecule has 5 rings (SSSR count). The highest BCUT2D eigenvalue weighted by Crippen LogP contribution is 2.40. The van der Waals surface area contributed by atoms with E-state index in [2.05, 4.69) is 5.10 Å². The van der Waals surface area contributed by atoms with E-state index in [1.54, 1.807) is 69.6 Å². The van der Waals surface area contributed by atoms with Crippen LogP contribution in [0.4, 0.5) is 14.9 Å². The number of halogens is 3. The molecule has 3 aromatic carbocycles.